The van der Waals surface area contributed by atoms with E-state index < -0.39 is 0 Å². The fraction of sp³-hybridized carbons (Fsp3) is 0.786. The lowest BCUT2D eigenvalue weighted by Crippen LogP contribution is -2.51. The molecule has 2 saturated heterocycles. The van der Waals surface area contributed by atoms with E-state index in [0.717, 1.165) is 56.7 Å². The quantitative estimate of drug-likeness (QED) is 0.815. The van der Waals surface area contributed by atoms with Crippen LogP contribution in [0.3, 0.4) is 0 Å². The van der Waals surface area contributed by atoms with Crippen molar-refractivity contribution >= 4 is 47.4 Å². The number of ether oxygens (including phenoxy) is 1. The predicted molar refractivity (Wildman–Crippen MR) is 99.8 cm³/mol. The van der Waals surface area contributed by atoms with E-state index >= 15 is 0 Å². The van der Waals surface area contributed by atoms with Crippen molar-refractivity contribution < 1.29 is 9.53 Å². The van der Waals surface area contributed by atoms with Crippen molar-refractivity contribution in [3.8, 4) is 0 Å². The monoisotopic (exact) mass is 397 g/mol. The maximum absolute atomic E-state index is 12.3. The Hall–Kier alpha value is -0.670. The van der Waals surface area contributed by atoms with E-state index in [1.54, 1.807) is 0 Å². The van der Waals surface area contributed by atoms with Crippen LogP contribution in [0.15, 0.2) is 0 Å². The van der Waals surface area contributed by atoms with Crippen LogP contribution in [0, 0.1) is 0 Å². The van der Waals surface area contributed by atoms with E-state index in [9.17, 15) is 4.79 Å². The molecule has 0 radical (unpaired) electrons. The second kappa shape index (κ2) is 10.4. The number of anilines is 1. The molecule has 1 aromatic rings. The molecule has 2 aliphatic heterocycles. The molecule has 24 heavy (non-hydrogen) atoms. The van der Waals surface area contributed by atoms with Crippen LogP contribution in [-0.2, 0) is 16.0 Å². The third-order valence-electron chi connectivity index (χ3n) is 4.10. The molecule has 0 aromatic carbocycles. The zero-order valence-electron chi connectivity index (χ0n) is 13.8. The summed E-state index contributed by atoms with van der Waals surface area (Å²) in [4.78, 5) is 21.0. The topological polar surface area (TPSA) is 70.6 Å². The van der Waals surface area contributed by atoms with Crippen molar-refractivity contribution in [1.29, 1.82) is 0 Å². The molecule has 3 heterocycles. The van der Waals surface area contributed by atoms with Gasteiger partial charge in [-0.1, -0.05) is 6.92 Å². The Morgan fingerprint density at radius 3 is 2.67 bits per heavy atom. The molecule has 0 saturated carbocycles. The molecule has 0 aliphatic carbocycles. The number of hydrogen-bond donors (Lipinski definition) is 1. The number of morpholine rings is 1. The van der Waals surface area contributed by atoms with Gasteiger partial charge >= 0.3 is 0 Å². The van der Waals surface area contributed by atoms with Gasteiger partial charge in [-0.05, 0) is 0 Å². The van der Waals surface area contributed by atoms with Crippen LogP contribution in [0.25, 0.3) is 0 Å². The summed E-state index contributed by atoms with van der Waals surface area (Å²) in [5.41, 5.74) is 0. The number of carbonyl (C=O) groups excluding carboxylic acids is 1. The number of amides is 1. The number of rotatable bonds is 4. The van der Waals surface area contributed by atoms with Crippen LogP contribution in [0.5, 0.6) is 0 Å². The molecule has 1 atom stereocenters. The van der Waals surface area contributed by atoms with Crippen LogP contribution in [-0.4, -0.2) is 72.1 Å². The minimum atomic E-state index is 0. The number of carbonyl (C=O) groups is 1. The molecule has 1 unspecified atom stereocenters. The largest absolute Gasteiger partial charge is 0.378 e. The third kappa shape index (κ3) is 5.42. The Morgan fingerprint density at radius 1 is 1.33 bits per heavy atom. The van der Waals surface area contributed by atoms with E-state index in [2.05, 4.69) is 26.5 Å². The van der Waals surface area contributed by atoms with Gasteiger partial charge in [0.05, 0.1) is 13.2 Å². The van der Waals surface area contributed by atoms with Crippen LogP contribution in [0.1, 0.15) is 19.2 Å². The highest BCUT2D eigenvalue weighted by Gasteiger charge is 2.25. The fourth-order valence-electron chi connectivity index (χ4n) is 2.75. The van der Waals surface area contributed by atoms with Gasteiger partial charge in [0, 0.05) is 63.1 Å². The van der Waals surface area contributed by atoms with Gasteiger partial charge in [0.1, 0.15) is 5.82 Å². The van der Waals surface area contributed by atoms with Crippen molar-refractivity contribution in [2.24, 2.45) is 0 Å². The van der Waals surface area contributed by atoms with Gasteiger partial charge in [0.25, 0.3) is 0 Å². The predicted octanol–water partition coefficient (Wildman–Crippen LogP) is 0.971. The molecule has 0 spiro atoms. The fourth-order valence-corrected chi connectivity index (χ4v) is 3.56. The maximum atomic E-state index is 12.3. The van der Waals surface area contributed by atoms with Gasteiger partial charge in [-0.3, -0.25) is 4.79 Å². The van der Waals surface area contributed by atoms with Gasteiger partial charge in [-0.2, -0.15) is 4.37 Å². The lowest BCUT2D eigenvalue weighted by atomic mass is 10.1. The summed E-state index contributed by atoms with van der Waals surface area (Å²) in [6.07, 6.45) is 1.39. The highest BCUT2D eigenvalue weighted by Crippen LogP contribution is 2.19. The molecular formula is C14H25Cl2N5O2S. The Bertz CT molecular complexity index is 505. The molecule has 1 N–H and O–H groups in total. The molecule has 1 amide bonds. The molecule has 7 nitrogen and oxygen atoms in total. The molecule has 1 aromatic heterocycles. The Morgan fingerprint density at radius 2 is 2.08 bits per heavy atom. The average Bonchev–Trinajstić information content (AvgIpc) is 3.05. The van der Waals surface area contributed by atoms with Gasteiger partial charge < -0.3 is 19.9 Å². The first-order valence-electron chi connectivity index (χ1n) is 7.92. The van der Waals surface area contributed by atoms with Gasteiger partial charge in [0.2, 0.25) is 11.0 Å². The zero-order valence-corrected chi connectivity index (χ0v) is 16.2. The second-order valence-electron chi connectivity index (χ2n) is 5.64. The number of piperazine rings is 1. The number of halogens is 2. The van der Waals surface area contributed by atoms with E-state index in [1.807, 2.05) is 4.90 Å². The van der Waals surface area contributed by atoms with Crippen LogP contribution >= 0.6 is 36.3 Å². The van der Waals surface area contributed by atoms with Crippen LogP contribution in [0.4, 0.5) is 5.13 Å². The normalized spacial score (nSPS) is 21.0. The van der Waals surface area contributed by atoms with E-state index in [4.69, 9.17) is 4.74 Å². The number of hydrogen-bond acceptors (Lipinski definition) is 7. The SMILES string of the molecule is CCc1nsc(N2CCN(C(=O)CC3COCCN3)CC2)n1.Cl.Cl. The van der Waals surface area contributed by atoms with Gasteiger partial charge in [0.15, 0.2) is 0 Å². The summed E-state index contributed by atoms with van der Waals surface area (Å²) in [5.74, 6) is 1.12. The van der Waals surface area contributed by atoms with Gasteiger partial charge in [-0.25, -0.2) is 4.98 Å². The first-order chi connectivity index (χ1) is 10.8. The highest BCUT2D eigenvalue weighted by atomic mass is 35.5. The van der Waals surface area contributed by atoms with Crippen molar-refractivity contribution in [1.82, 2.24) is 19.6 Å². The number of nitrogens with one attached hydrogen (secondary N) is 1. The first-order valence-corrected chi connectivity index (χ1v) is 8.70. The zero-order chi connectivity index (χ0) is 15.4. The van der Waals surface area contributed by atoms with Crippen molar-refractivity contribution in [3.05, 3.63) is 5.82 Å². The smallest absolute Gasteiger partial charge is 0.224 e. The first kappa shape index (κ1) is 21.4. The lowest BCUT2D eigenvalue weighted by molar-refractivity contribution is -0.132. The molecule has 2 aliphatic rings. The summed E-state index contributed by atoms with van der Waals surface area (Å²) in [6.45, 7) is 7.45. The Kier molecular flexibility index (Phi) is 9.22. The minimum absolute atomic E-state index is 0. The van der Waals surface area contributed by atoms with Gasteiger partial charge in [-0.15, -0.1) is 24.8 Å². The molecule has 3 rings (SSSR count). The molecule has 2 fully saturated rings. The number of aryl methyl sites for hydroxylation is 1. The summed E-state index contributed by atoms with van der Waals surface area (Å²) in [7, 11) is 0. The van der Waals surface area contributed by atoms with E-state index in [0.29, 0.717) is 13.0 Å². The van der Waals surface area contributed by atoms with E-state index in [-0.39, 0.29) is 36.8 Å². The second-order valence-corrected chi connectivity index (χ2v) is 6.37. The Balaban J connectivity index is 0.00000144. The summed E-state index contributed by atoms with van der Waals surface area (Å²) >= 11 is 1.45. The van der Waals surface area contributed by atoms with E-state index in [1.165, 1.54) is 11.5 Å². The Labute approximate surface area is 159 Å². The summed E-state index contributed by atoms with van der Waals surface area (Å²) < 4.78 is 9.73. The standard InChI is InChI=1S/C14H23N5O2S.2ClH/c1-2-12-16-14(22-17-12)19-6-4-18(5-7-19)13(20)9-11-10-21-8-3-15-11;;/h11,15H,2-10H2,1H3;2*1H. The van der Waals surface area contributed by atoms with Crippen LogP contribution in [0.2, 0.25) is 0 Å². The van der Waals surface area contributed by atoms with Crippen molar-refractivity contribution in [2.45, 2.75) is 25.8 Å². The van der Waals surface area contributed by atoms with Crippen molar-refractivity contribution in [2.75, 3.05) is 50.8 Å². The molecular weight excluding hydrogens is 373 g/mol. The molecule has 0 bridgehead atoms. The third-order valence-corrected chi connectivity index (χ3v) is 4.91. The minimum Gasteiger partial charge on any atom is -0.378 e. The van der Waals surface area contributed by atoms with Crippen molar-refractivity contribution in [3.63, 3.8) is 0 Å². The average molecular weight is 398 g/mol. The van der Waals surface area contributed by atoms with Crippen LogP contribution < -0.4 is 10.2 Å². The summed E-state index contributed by atoms with van der Waals surface area (Å²) in [5, 5.41) is 4.31. The lowest BCUT2D eigenvalue weighted by Gasteiger charge is -2.35. The summed E-state index contributed by atoms with van der Waals surface area (Å²) in [6, 6.07) is 0.162. The molecule has 138 valence electrons. The highest BCUT2D eigenvalue weighted by molar-refractivity contribution is 7.09. The number of nitrogens with zero attached hydrogens (tertiary/aromatic N) is 4. The molecule has 10 heteroatoms. The maximum Gasteiger partial charge on any atom is 0.224 e. The number of aromatic nitrogens is 2.